The van der Waals surface area contributed by atoms with E-state index >= 15 is 0 Å². The van der Waals surface area contributed by atoms with Crippen molar-refractivity contribution >= 4 is 5.71 Å². The first-order valence-electron chi connectivity index (χ1n) is 4.83. The highest BCUT2D eigenvalue weighted by atomic mass is 16.5. The summed E-state index contributed by atoms with van der Waals surface area (Å²) in [6, 6.07) is 7.03. The molecule has 0 atom stereocenters. The van der Waals surface area contributed by atoms with Crippen LogP contribution in [-0.2, 0) is 0 Å². The molecular weight excluding hydrogens is 208 g/mol. The van der Waals surface area contributed by atoms with Gasteiger partial charge in [-0.3, -0.25) is 0 Å². The summed E-state index contributed by atoms with van der Waals surface area (Å²) in [6.45, 7) is 3.40. The molecule has 1 aromatic carbocycles. The maximum Gasteiger partial charge on any atom is 0.118 e. The Labute approximate surface area is 94.3 Å². The Bertz CT molecular complexity index is 371. The van der Waals surface area contributed by atoms with Crippen LogP contribution in [0.2, 0.25) is 0 Å². The van der Waals surface area contributed by atoms with Gasteiger partial charge in [0.1, 0.15) is 11.5 Å². The van der Waals surface area contributed by atoms with E-state index in [2.05, 4.69) is 10.6 Å². The SMILES string of the molecule is COc1ccc(/C(=N\O)C(C)(C)NO)cc1. The molecule has 0 fully saturated rings. The van der Waals surface area contributed by atoms with Crippen LogP contribution in [0, 0.1) is 0 Å². The molecule has 0 heterocycles. The summed E-state index contributed by atoms with van der Waals surface area (Å²) < 4.78 is 5.03. The van der Waals surface area contributed by atoms with Gasteiger partial charge < -0.3 is 15.2 Å². The zero-order valence-corrected chi connectivity index (χ0v) is 9.56. The molecule has 5 heteroatoms. The van der Waals surface area contributed by atoms with E-state index in [1.165, 1.54) is 0 Å². The van der Waals surface area contributed by atoms with Crippen molar-refractivity contribution in [2.45, 2.75) is 19.4 Å². The first-order valence-corrected chi connectivity index (χ1v) is 4.83. The minimum atomic E-state index is -0.830. The van der Waals surface area contributed by atoms with Crippen LogP contribution in [-0.4, -0.2) is 28.8 Å². The molecule has 3 N–H and O–H groups in total. The number of hydrogen-bond acceptors (Lipinski definition) is 5. The van der Waals surface area contributed by atoms with Crippen LogP contribution in [0.5, 0.6) is 5.75 Å². The Balaban J connectivity index is 3.06. The van der Waals surface area contributed by atoms with Crippen molar-refractivity contribution in [3.63, 3.8) is 0 Å². The molecule has 0 aliphatic heterocycles. The van der Waals surface area contributed by atoms with Gasteiger partial charge in [-0.1, -0.05) is 5.16 Å². The molecule has 0 aromatic heterocycles. The van der Waals surface area contributed by atoms with Gasteiger partial charge >= 0.3 is 0 Å². The summed E-state index contributed by atoms with van der Waals surface area (Å²) in [5.74, 6) is 0.718. The summed E-state index contributed by atoms with van der Waals surface area (Å²) >= 11 is 0. The van der Waals surface area contributed by atoms with Crippen molar-refractivity contribution in [2.24, 2.45) is 5.16 Å². The molecule has 88 valence electrons. The highest BCUT2D eigenvalue weighted by Crippen LogP contribution is 2.17. The Morgan fingerprint density at radius 1 is 1.31 bits per heavy atom. The van der Waals surface area contributed by atoms with E-state index in [4.69, 9.17) is 15.2 Å². The van der Waals surface area contributed by atoms with Gasteiger partial charge in [-0.05, 0) is 38.1 Å². The lowest BCUT2D eigenvalue weighted by Crippen LogP contribution is -2.45. The third-order valence-corrected chi connectivity index (χ3v) is 2.33. The van der Waals surface area contributed by atoms with Crippen LogP contribution in [0.25, 0.3) is 0 Å². The number of hydroxylamine groups is 1. The minimum Gasteiger partial charge on any atom is -0.497 e. The molecule has 1 aromatic rings. The standard InChI is InChI=1S/C11H16N2O3/c1-11(2,13-15)10(12-14)8-4-6-9(16-3)7-5-8/h4-7,13-15H,1-3H3/b12-10+. The topological polar surface area (TPSA) is 74.1 Å². The Hall–Kier alpha value is -1.59. The first kappa shape index (κ1) is 12.5. The van der Waals surface area contributed by atoms with Gasteiger partial charge in [0.15, 0.2) is 0 Å². The maximum absolute atomic E-state index is 8.99. The third kappa shape index (κ3) is 2.50. The zero-order valence-electron chi connectivity index (χ0n) is 9.56. The second kappa shape index (κ2) is 4.96. The van der Waals surface area contributed by atoms with E-state index in [9.17, 15) is 0 Å². The van der Waals surface area contributed by atoms with Crippen molar-refractivity contribution < 1.29 is 15.2 Å². The highest BCUT2D eigenvalue weighted by molar-refractivity contribution is 6.06. The number of rotatable bonds is 4. The number of methoxy groups -OCH3 is 1. The summed E-state index contributed by atoms with van der Waals surface area (Å²) in [5.41, 5.74) is 2.32. The second-order valence-electron chi connectivity index (χ2n) is 3.91. The van der Waals surface area contributed by atoms with Crippen LogP contribution in [0.3, 0.4) is 0 Å². The third-order valence-electron chi connectivity index (χ3n) is 2.33. The van der Waals surface area contributed by atoms with E-state index < -0.39 is 5.54 Å². The fourth-order valence-electron chi connectivity index (χ4n) is 1.35. The van der Waals surface area contributed by atoms with Crippen molar-refractivity contribution in [3.8, 4) is 5.75 Å². The average molecular weight is 224 g/mol. The lowest BCUT2D eigenvalue weighted by atomic mass is 9.93. The summed E-state index contributed by atoms with van der Waals surface area (Å²) in [6.07, 6.45) is 0. The molecule has 1 rings (SSSR count). The number of benzene rings is 1. The monoisotopic (exact) mass is 224 g/mol. The van der Waals surface area contributed by atoms with E-state index in [-0.39, 0.29) is 0 Å². The molecule has 0 saturated heterocycles. The molecule has 0 aliphatic carbocycles. The van der Waals surface area contributed by atoms with Crippen molar-refractivity contribution in [1.82, 2.24) is 5.48 Å². The van der Waals surface area contributed by atoms with E-state index in [0.29, 0.717) is 11.3 Å². The fourth-order valence-corrected chi connectivity index (χ4v) is 1.35. The van der Waals surface area contributed by atoms with Gasteiger partial charge in [0.05, 0.1) is 12.6 Å². The molecule has 0 amide bonds. The van der Waals surface area contributed by atoms with Gasteiger partial charge in [-0.25, -0.2) is 0 Å². The number of nitrogens with one attached hydrogen (secondary N) is 1. The van der Waals surface area contributed by atoms with E-state index in [0.717, 1.165) is 5.75 Å². The van der Waals surface area contributed by atoms with Crippen molar-refractivity contribution in [3.05, 3.63) is 29.8 Å². The summed E-state index contributed by atoms with van der Waals surface area (Å²) in [4.78, 5) is 0. The Morgan fingerprint density at radius 3 is 2.25 bits per heavy atom. The molecule has 0 spiro atoms. The van der Waals surface area contributed by atoms with Gasteiger partial charge in [-0.15, -0.1) is 0 Å². The molecular formula is C11H16N2O3. The van der Waals surface area contributed by atoms with Crippen molar-refractivity contribution in [2.75, 3.05) is 7.11 Å². The lowest BCUT2D eigenvalue weighted by Gasteiger charge is -2.23. The molecule has 0 aliphatic rings. The smallest absolute Gasteiger partial charge is 0.118 e. The first-order chi connectivity index (χ1) is 7.55. The molecule has 5 nitrogen and oxygen atoms in total. The van der Waals surface area contributed by atoms with E-state index in [1.807, 2.05) is 0 Å². The molecule has 0 radical (unpaired) electrons. The van der Waals surface area contributed by atoms with Crippen molar-refractivity contribution in [1.29, 1.82) is 0 Å². The van der Waals surface area contributed by atoms with Gasteiger partial charge in [0.25, 0.3) is 0 Å². The minimum absolute atomic E-state index is 0.345. The van der Waals surface area contributed by atoms with E-state index in [1.54, 1.807) is 45.2 Å². The number of nitrogens with zero attached hydrogens (tertiary/aromatic N) is 1. The number of oxime groups is 1. The quantitative estimate of drug-likeness (QED) is 0.413. The Kier molecular flexibility index (Phi) is 3.87. The summed E-state index contributed by atoms with van der Waals surface area (Å²) in [7, 11) is 1.58. The average Bonchev–Trinajstić information content (AvgIpc) is 2.30. The highest BCUT2D eigenvalue weighted by Gasteiger charge is 2.26. The van der Waals surface area contributed by atoms with Crippen LogP contribution < -0.4 is 10.2 Å². The largest absolute Gasteiger partial charge is 0.497 e. The zero-order chi connectivity index (χ0) is 12.2. The van der Waals surface area contributed by atoms with Gasteiger partial charge in [-0.2, -0.15) is 5.48 Å². The molecule has 0 unspecified atom stereocenters. The Morgan fingerprint density at radius 2 is 1.88 bits per heavy atom. The molecule has 0 saturated carbocycles. The molecule has 0 bridgehead atoms. The maximum atomic E-state index is 8.99. The predicted molar refractivity (Wildman–Crippen MR) is 60.3 cm³/mol. The lowest BCUT2D eigenvalue weighted by molar-refractivity contribution is 0.113. The van der Waals surface area contributed by atoms with Gasteiger partial charge in [0, 0.05) is 5.56 Å². The normalized spacial score (nSPS) is 12.6. The number of ether oxygens (including phenoxy) is 1. The van der Waals surface area contributed by atoms with Crippen LogP contribution >= 0.6 is 0 Å². The van der Waals surface area contributed by atoms with Gasteiger partial charge in [0.2, 0.25) is 0 Å². The van der Waals surface area contributed by atoms with Crippen LogP contribution in [0.1, 0.15) is 19.4 Å². The molecule has 16 heavy (non-hydrogen) atoms. The van der Waals surface area contributed by atoms with Crippen LogP contribution in [0.4, 0.5) is 0 Å². The van der Waals surface area contributed by atoms with Crippen LogP contribution in [0.15, 0.2) is 29.4 Å². The second-order valence-corrected chi connectivity index (χ2v) is 3.91. The fraction of sp³-hybridized carbons (Fsp3) is 0.364. The summed E-state index contributed by atoms with van der Waals surface area (Å²) in [5, 5.41) is 21.2. The predicted octanol–water partition coefficient (Wildman–Crippen LogP) is 1.63. The number of hydrogen-bond donors (Lipinski definition) is 3.